The predicted octanol–water partition coefficient (Wildman–Crippen LogP) is 14.4. The lowest BCUT2D eigenvalue weighted by atomic mass is 9.96. The van der Waals surface area contributed by atoms with Crippen molar-refractivity contribution in [2.75, 3.05) is 26.4 Å². The van der Waals surface area contributed by atoms with Crippen LogP contribution in [0.2, 0.25) is 0 Å². The molecule has 0 bridgehead atoms. The van der Waals surface area contributed by atoms with Gasteiger partial charge in [0.2, 0.25) is 5.91 Å². The Labute approximate surface area is 623 Å². The van der Waals surface area contributed by atoms with E-state index in [0.717, 1.165) is 83.5 Å². The second-order valence-corrected chi connectivity index (χ2v) is 29.6. The molecular formula is C84H151NO18. The molecule has 17 unspecified atom stereocenters. The molecule has 3 aliphatic rings. The first-order chi connectivity index (χ1) is 50.3. The van der Waals surface area contributed by atoms with Crippen LogP contribution in [-0.4, -0.2) is 193 Å². The smallest absolute Gasteiger partial charge is 0.220 e. The van der Waals surface area contributed by atoms with Gasteiger partial charge in [0.05, 0.1) is 38.6 Å². The topological polar surface area (TPSA) is 307 Å². The van der Waals surface area contributed by atoms with Crippen LogP contribution in [0.3, 0.4) is 0 Å². The lowest BCUT2D eigenvalue weighted by Gasteiger charge is -2.48. The Bertz CT molecular complexity index is 2140. The Morgan fingerprint density at radius 2 is 0.670 bits per heavy atom. The fourth-order valence-corrected chi connectivity index (χ4v) is 13.9. The highest BCUT2D eigenvalue weighted by Gasteiger charge is 2.54. The van der Waals surface area contributed by atoms with Crippen molar-refractivity contribution >= 4 is 5.91 Å². The highest BCUT2D eigenvalue weighted by molar-refractivity contribution is 5.76. The summed E-state index contributed by atoms with van der Waals surface area (Å²) < 4.78 is 34.5. The average Bonchev–Trinajstić information content (AvgIpc) is 0.781. The molecule has 0 spiro atoms. The molecule has 0 aromatic heterocycles. The first-order valence-electron chi connectivity index (χ1n) is 41.7. The van der Waals surface area contributed by atoms with Crippen molar-refractivity contribution in [2.45, 2.75) is 426 Å². The van der Waals surface area contributed by atoms with Gasteiger partial charge < -0.3 is 89.9 Å². The summed E-state index contributed by atoms with van der Waals surface area (Å²) in [6.07, 6.45) is 57.1. The van der Waals surface area contributed by atoms with Crippen molar-refractivity contribution in [3.8, 4) is 0 Å². The van der Waals surface area contributed by atoms with Gasteiger partial charge in [-0.2, -0.15) is 0 Å². The monoisotopic (exact) mass is 1460 g/mol. The molecule has 3 aliphatic heterocycles. The second kappa shape index (κ2) is 64.1. The molecule has 1 amide bonds. The van der Waals surface area contributed by atoms with Crippen molar-refractivity contribution in [1.29, 1.82) is 0 Å². The number of unbranched alkanes of at least 4 members (excludes halogenated alkanes) is 38. The summed E-state index contributed by atoms with van der Waals surface area (Å²) in [5, 5.41) is 121. The molecule has 3 fully saturated rings. The van der Waals surface area contributed by atoms with Crippen LogP contribution in [-0.2, 0) is 33.2 Å². The SMILES string of the molecule is CC/C=C\C/C=C\C/C=C\C/C=C\C/C=C\C/C=C\CCCCCCCCCCCCCCCCCCCCCCC(=O)NC(COC1OC(CO)C(OC2OC(CO)C(OC3OC(CO)C(O)C(O)C3O)C(O)C2O)C(O)C1O)C(O)CCCCCCCCCCCCCCCCCCCCC. The van der Waals surface area contributed by atoms with E-state index >= 15 is 0 Å². The summed E-state index contributed by atoms with van der Waals surface area (Å²) in [6.45, 7) is 1.72. The number of allylic oxidation sites excluding steroid dienone is 12. The molecule has 0 radical (unpaired) electrons. The zero-order valence-corrected chi connectivity index (χ0v) is 64.3. The van der Waals surface area contributed by atoms with Crippen molar-refractivity contribution in [1.82, 2.24) is 5.32 Å². The Balaban J connectivity index is 1.31. The molecule has 12 N–H and O–H groups in total. The normalized spacial score (nSPS) is 26.4. The first-order valence-corrected chi connectivity index (χ1v) is 41.7. The number of hydrogen-bond acceptors (Lipinski definition) is 18. The number of amides is 1. The lowest BCUT2D eigenvalue weighted by Crippen LogP contribution is -2.66. The van der Waals surface area contributed by atoms with Crippen molar-refractivity contribution in [3.05, 3.63) is 72.9 Å². The average molecular weight is 1460 g/mol. The fourth-order valence-electron chi connectivity index (χ4n) is 13.9. The minimum atomic E-state index is -1.97. The molecule has 0 aliphatic carbocycles. The van der Waals surface area contributed by atoms with E-state index in [2.05, 4.69) is 92.1 Å². The summed E-state index contributed by atoms with van der Waals surface area (Å²) >= 11 is 0. The van der Waals surface area contributed by atoms with Crippen LogP contribution in [0.4, 0.5) is 0 Å². The molecule has 0 aromatic carbocycles. The summed E-state index contributed by atoms with van der Waals surface area (Å²) in [5.74, 6) is -0.238. The summed E-state index contributed by atoms with van der Waals surface area (Å²) in [5.41, 5.74) is 0. The number of ether oxygens (including phenoxy) is 6. The third kappa shape index (κ3) is 43.9. The zero-order chi connectivity index (χ0) is 74.6. The molecule has 3 heterocycles. The van der Waals surface area contributed by atoms with E-state index in [0.29, 0.717) is 12.8 Å². The van der Waals surface area contributed by atoms with E-state index in [1.165, 1.54) is 205 Å². The number of carbonyl (C=O) groups is 1. The van der Waals surface area contributed by atoms with Gasteiger partial charge in [-0.15, -0.1) is 0 Å². The maximum Gasteiger partial charge on any atom is 0.220 e. The van der Waals surface area contributed by atoms with Crippen LogP contribution in [0.1, 0.15) is 322 Å². The third-order valence-electron chi connectivity index (χ3n) is 20.5. The molecule has 0 aromatic rings. The molecule has 103 heavy (non-hydrogen) atoms. The van der Waals surface area contributed by atoms with Crippen LogP contribution >= 0.6 is 0 Å². The number of carbonyl (C=O) groups excluding carboxylic acids is 1. The number of rotatable bonds is 66. The second-order valence-electron chi connectivity index (χ2n) is 29.6. The Morgan fingerprint density at radius 3 is 1.05 bits per heavy atom. The summed E-state index contributed by atoms with van der Waals surface area (Å²) in [7, 11) is 0. The van der Waals surface area contributed by atoms with Crippen LogP contribution in [0.15, 0.2) is 72.9 Å². The molecule has 19 nitrogen and oxygen atoms in total. The van der Waals surface area contributed by atoms with Gasteiger partial charge in [-0.25, -0.2) is 0 Å². The van der Waals surface area contributed by atoms with Crippen molar-refractivity contribution in [3.63, 3.8) is 0 Å². The minimum absolute atomic E-state index is 0.238. The van der Waals surface area contributed by atoms with E-state index in [1.54, 1.807) is 0 Å². The van der Waals surface area contributed by atoms with Gasteiger partial charge in [-0.1, -0.05) is 324 Å². The largest absolute Gasteiger partial charge is 0.394 e. The highest BCUT2D eigenvalue weighted by Crippen LogP contribution is 2.33. The fraction of sp³-hybridized carbons (Fsp3) is 0.845. The van der Waals surface area contributed by atoms with Gasteiger partial charge >= 0.3 is 0 Å². The minimum Gasteiger partial charge on any atom is -0.394 e. The number of aliphatic hydroxyl groups excluding tert-OH is 11. The van der Waals surface area contributed by atoms with Crippen LogP contribution < -0.4 is 5.32 Å². The van der Waals surface area contributed by atoms with E-state index in [-0.39, 0.29) is 18.9 Å². The molecule has 0 saturated carbocycles. The number of nitrogens with one attached hydrogen (secondary N) is 1. The van der Waals surface area contributed by atoms with Crippen LogP contribution in [0.25, 0.3) is 0 Å². The van der Waals surface area contributed by atoms with Gasteiger partial charge in [-0.3, -0.25) is 4.79 Å². The van der Waals surface area contributed by atoms with E-state index < -0.39 is 124 Å². The predicted molar refractivity (Wildman–Crippen MR) is 411 cm³/mol. The molecule has 3 rings (SSSR count). The standard InChI is InChI=1S/C84H151NO18/c1-3-5-7-9-11-13-15-17-19-21-23-24-25-26-27-28-29-30-31-32-33-34-35-36-37-38-39-40-41-42-44-46-48-50-52-54-56-58-60-62-72(90)85-67(68(89)61-59-57-55-53-51-49-47-45-43-22-20-18-16-14-12-10-8-6-4-2)66-98-82-78(96)75(93)80(70(64-87)100-82)103-84-79(97)76(94)81(71(65-88)101-84)102-83-77(95)74(92)73(91)69(63-86)99-83/h5,7,11,13,17,19,23-24,26-27,29-30,67-71,73-84,86-89,91-97H,3-4,6,8-10,12,14-16,18,20-22,25,28,31-66H2,1-2H3,(H,85,90)/b7-5-,13-11-,19-17-,24-23-,27-26-,30-29-. The van der Waals surface area contributed by atoms with Gasteiger partial charge in [0.25, 0.3) is 0 Å². The first kappa shape index (κ1) is 94.4. The Kier molecular flexibility index (Phi) is 58.8. The van der Waals surface area contributed by atoms with Crippen LogP contribution in [0, 0.1) is 0 Å². The molecule has 19 heteroatoms. The number of hydrogen-bond donors (Lipinski definition) is 12. The lowest BCUT2D eigenvalue weighted by molar-refractivity contribution is -0.379. The van der Waals surface area contributed by atoms with Crippen molar-refractivity contribution < 1.29 is 89.4 Å². The molecular weight excluding hydrogens is 1310 g/mol. The molecule has 600 valence electrons. The highest BCUT2D eigenvalue weighted by atomic mass is 16.8. The summed E-state index contributed by atoms with van der Waals surface area (Å²) in [4.78, 5) is 13.5. The van der Waals surface area contributed by atoms with Gasteiger partial charge in [0.15, 0.2) is 18.9 Å². The molecule has 3 saturated heterocycles. The zero-order valence-electron chi connectivity index (χ0n) is 64.3. The maximum absolute atomic E-state index is 13.5. The Hall–Kier alpha value is -2.77. The Morgan fingerprint density at radius 1 is 0.359 bits per heavy atom. The maximum atomic E-state index is 13.5. The van der Waals surface area contributed by atoms with E-state index in [1.807, 2.05) is 0 Å². The van der Waals surface area contributed by atoms with E-state index in [9.17, 15) is 61.0 Å². The van der Waals surface area contributed by atoms with Gasteiger partial charge in [-0.05, 0) is 64.2 Å². The molecule has 17 atom stereocenters. The number of aliphatic hydroxyl groups is 11. The quantitative estimate of drug-likeness (QED) is 0.0199. The van der Waals surface area contributed by atoms with Crippen LogP contribution in [0.5, 0.6) is 0 Å². The summed E-state index contributed by atoms with van der Waals surface area (Å²) in [6, 6.07) is -0.889. The third-order valence-corrected chi connectivity index (χ3v) is 20.5. The van der Waals surface area contributed by atoms with Crippen molar-refractivity contribution in [2.24, 2.45) is 0 Å². The van der Waals surface area contributed by atoms with Gasteiger partial charge in [0.1, 0.15) is 73.2 Å². The van der Waals surface area contributed by atoms with E-state index in [4.69, 9.17) is 28.4 Å². The van der Waals surface area contributed by atoms with Gasteiger partial charge in [0, 0.05) is 6.42 Å².